The number of hydrogen-bond acceptors (Lipinski definition) is 5. The maximum Gasteiger partial charge on any atom is 0.211 e. The van der Waals surface area contributed by atoms with E-state index in [4.69, 9.17) is 10.00 Å². The summed E-state index contributed by atoms with van der Waals surface area (Å²) in [6, 6.07) is 7.37. The first-order valence-electron chi connectivity index (χ1n) is 5.40. The number of anilines is 1. The summed E-state index contributed by atoms with van der Waals surface area (Å²) in [4.78, 5) is 4.11. The highest BCUT2D eigenvalue weighted by Gasteiger charge is 2.06. The van der Waals surface area contributed by atoms with E-state index in [1.165, 1.54) is 0 Å². The van der Waals surface area contributed by atoms with Crippen LogP contribution < -0.4 is 10.1 Å². The molecular weight excluding hydrogens is 230 g/mol. The fourth-order valence-corrected chi connectivity index (χ4v) is 1.59. The van der Waals surface area contributed by atoms with Crippen molar-refractivity contribution < 1.29 is 4.74 Å². The normalized spacial score (nSPS) is 9.83. The summed E-state index contributed by atoms with van der Waals surface area (Å²) in [5.41, 5.74) is 1.34. The van der Waals surface area contributed by atoms with Crippen LogP contribution in [0, 0.1) is 11.3 Å². The zero-order chi connectivity index (χ0) is 13.0. The van der Waals surface area contributed by atoms with Crippen LogP contribution in [0.15, 0.2) is 24.4 Å². The van der Waals surface area contributed by atoms with Crippen molar-refractivity contribution in [2.24, 2.45) is 7.05 Å². The van der Waals surface area contributed by atoms with Gasteiger partial charge in [0.1, 0.15) is 11.9 Å². The Hall–Kier alpha value is -2.55. The molecule has 1 N–H and O–H groups in total. The summed E-state index contributed by atoms with van der Waals surface area (Å²) < 4.78 is 6.78. The molecular formula is C12H13N5O. The number of pyridine rings is 1. The van der Waals surface area contributed by atoms with E-state index in [-0.39, 0.29) is 0 Å². The molecule has 0 aromatic carbocycles. The number of rotatable bonds is 4. The molecule has 18 heavy (non-hydrogen) atoms. The zero-order valence-corrected chi connectivity index (χ0v) is 10.2. The number of ether oxygens (including phenoxy) is 1. The minimum atomic E-state index is 0.489. The fraction of sp³-hybridized carbons (Fsp3) is 0.250. The van der Waals surface area contributed by atoms with Crippen LogP contribution in [0.2, 0.25) is 0 Å². The van der Waals surface area contributed by atoms with Gasteiger partial charge in [0, 0.05) is 19.3 Å². The molecule has 0 bridgehead atoms. The number of hydrogen-bond donors (Lipinski definition) is 1. The molecule has 2 aromatic heterocycles. The van der Waals surface area contributed by atoms with Gasteiger partial charge in [0.15, 0.2) is 0 Å². The molecule has 0 radical (unpaired) electrons. The fourth-order valence-electron chi connectivity index (χ4n) is 1.59. The molecule has 2 heterocycles. The van der Waals surface area contributed by atoms with Crippen LogP contribution in [0.25, 0.3) is 0 Å². The third kappa shape index (κ3) is 2.40. The van der Waals surface area contributed by atoms with Gasteiger partial charge in [-0.05, 0) is 12.1 Å². The van der Waals surface area contributed by atoms with Crippen molar-refractivity contribution in [3.8, 4) is 11.9 Å². The lowest BCUT2D eigenvalue weighted by Crippen LogP contribution is -2.04. The molecule has 6 nitrogen and oxygen atoms in total. The van der Waals surface area contributed by atoms with Gasteiger partial charge >= 0.3 is 0 Å². The lowest BCUT2D eigenvalue weighted by atomic mass is 10.3. The van der Waals surface area contributed by atoms with Gasteiger partial charge in [0.05, 0.1) is 24.9 Å². The maximum absolute atomic E-state index is 8.93. The average molecular weight is 243 g/mol. The molecule has 0 fully saturated rings. The molecule has 0 atom stereocenters. The summed E-state index contributed by atoms with van der Waals surface area (Å²) in [6.07, 6.45) is 1.64. The Balaban J connectivity index is 2.09. The highest BCUT2D eigenvalue weighted by Crippen LogP contribution is 2.14. The first-order valence-corrected chi connectivity index (χ1v) is 5.40. The first-order chi connectivity index (χ1) is 8.74. The number of methoxy groups -OCH3 is 1. The largest absolute Gasteiger partial charge is 0.481 e. The van der Waals surface area contributed by atoms with E-state index in [2.05, 4.69) is 21.5 Å². The van der Waals surface area contributed by atoms with E-state index in [1.54, 1.807) is 30.1 Å². The zero-order valence-electron chi connectivity index (χ0n) is 10.2. The van der Waals surface area contributed by atoms with Crippen molar-refractivity contribution >= 4 is 5.82 Å². The van der Waals surface area contributed by atoms with Crippen molar-refractivity contribution in [1.29, 1.82) is 5.26 Å². The molecule has 0 aliphatic rings. The average Bonchev–Trinajstić information content (AvgIpc) is 2.77. The lowest BCUT2D eigenvalue weighted by Gasteiger charge is -2.04. The summed E-state index contributed by atoms with van der Waals surface area (Å²) in [5, 5.41) is 16.3. The first kappa shape index (κ1) is 11.9. The van der Waals surface area contributed by atoms with Crippen molar-refractivity contribution in [3.63, 3.8) is 0 Å². The minimum Gasteiger partial charge on any atom is -0.481 e. The molecule has 6 heteroatoms. The number of nitrogens with one attached hydrogen (secondary N) is 1. The van der Waals surface area contributed by atoms with E-state index >= 15 is 0 Å². The summed E-state index contributed by atoms with van der Waals surface area (Å²) in [5.74, 6) is 1.25. The molecule has 0 spiro atoms. The van der Waals surface area contributed by atoms with Gasteiger partial charge < -0.3 is 10.1 Å². The van der Waals surface area contributed by atoms with Crippen molar-refractivity contribution in [2.45, 2.75) is 6.54 Å². The summed E-state index contributed by atoms with van der Waals surface area (Å²) in [6.45, 7) is 0.489. The minimum absolute atomic E-state index is 0.489. The van der Waals surface area contributed by atoms with Crippen molar-refractivity contribution in [3.05, 3.63) is 35.7 Å². The third-order valence-corrected chi connectivity index (χ3v) is 2.46. The maximum atomic E-state index is 8.93. The van der Waals surface area contributed by atoms with Gasteiger partial charge in [-0.1, -0.05) is 0 Å². The second-order valence-electron chi connectivity index (χ2n) is 3.67. The van der Waals surface area contributed by atoms with Gasteiger partial charge in [-0.25, -0.2) is 9.67 Å². The summed E-state index contributed by atoms with van der Waals surface area (Å²) in [7, 11) is 3.41. The Bertz CT molecular complexity index is 584. The van der Waals surface area contributed by atoms with Crippen molar-refractivity contribution in [1.82, 2.24) is 14.8 Å². The van der Waals surface area contributed by atoms with Crippen LogP contribution in [0.5, 0.6) is 5.88 Å². The van der Waals surface area contributed by atoms with Gasteiger partial charge in [-0.3, -0.25) is 0 Å². The topological polar surface area (TPSA) is 75.8 Å². The van der Waals surface area contributed by atoms with Crippen molar-refractivity contribution in [2.75, 3.05) is 12.4 Å². The molecule has 0 saturated carbocycles. The van der Waals surface area contributed by atoms with E-state index < -0.39 is 0 Å². The Morgan fingerprint density at radius 3 is 3.06 bits per heavy atom. The van der Waals surface area contributed by atoms with E-state index in [0.29, 0.717) is 23.8 Å². The molecule has 2 aromatic rings. The molecule has 2 rings (SSSR count). The Morgan fingerprint density at radius 2 is 2.39 bits per heavy atom. The molecule has 0 aliphatic carbocycles. The highest BCUT2D eigenvalue weighted by molar-refractivity contribution is 5.51. The molecule has 0 aliphatic heterocycles. The number of nitriles is 1. The predicted molar refractivity (Wildman–Crippen MR) is 66.0 cm³/mol. The molecule has 0 saturated heterocycles. The van der Waals surface area contributed by atoms with Crippen LogP contribution in [0.1, 0.15) is 11.3 Å². The predicted octanol–water partition coefficient (Wildman–Crippen LogP) is 1.31. The third-order valence-electron chi connectivity index (χ3n) is 2.46. The number of nitrogens with zero attached hydrogens (tertiary/aromatic N) is 4. The Morgan fingerprint density at radius 1 is 1.56 bits per heavy atom. The number of aryl methyl sites for hydroxylation is 1. The van der Waals surface area contributed by atoms with Crippen LogP contribution >= 0.6 is 0 Å². The Labute approximate surface area is 105 Å². The molecule has 0 amide bonds. The van der Waals surface area contributed by atoms with Crippen LogP contribution in [0.3, 0.4) is 0 Å². The van der Waals surface area contributed by atoms with Crippen LogP contribution in [-0.4, -0.2) is 21.9 Å². The number of aromatic nitrogens is 3. The van der Waals surface area contributed by atoms with Crippen LogP contribution in [-0.2, 0) is 13.6 Å². The van der Waals surface area contributed by atoms with E-state index in [0.717, 1.165) is 5.69 Å². The SMILES string of the molecule is COc1cc(CNc2ncccc2C#N)nn1C. The van der Waals surface area contributed by atoms with E-state index in [9.17, 15) is 0 Å². The standard InChI is InChI=1S/C12H13N5O/c1-17-11(18-2)6-10(16-17)8-15-12-9(7-13)4-3-5-14-12/h3-6H,8H2,1-2H3,(H,14,15). The monoisotopic (exact) mass is 243 g/mol. The Kier molecular flexibility index (Phi) is 3.44. The van der Waals surface area contributed by atoms with Gasteiger partial charge in [0.2, 0.25) is 5.88 Å². The summed E-state index contributed by atoms with van der Waals surface area (Å²) >= 11 is 0. The lowest BCUT2D eigenvalue weighted by molar-refractivity contribution is 0.373. The highest BCUT2D eigenvalue weighted by atomic mass is 16.5. The smallest absolute Gasteiger partial charge is 0.211 e. The van der Waals surface area contributed by atoms with Gasteiger partial charge in [0.25, 0.3) is 0 Å². The molecule has 92 valence electrons. The van der Waals surface area contributed by atoms with Crippen LogP contribution in [0.4, 0.5) is 5.82 Å². The molecule has 0 unspecified atom stereocenters. The van der Waals surface area contributed by atoms with E-state index in [1.807, 2.05) is 13.1 Å². The second kappa shape index (κ2) is 5.19. The van der Waals surface area contributed by atoms with Gasteiger partial charge in [-0.15, -0.1) is 0 Å². The second-order valence-corrected chi connectivity index (χ2v) is 3.67. The van der Waals surface area contributed by atoms with Gasteiger partial charge in [-0.2, -0.15) is 10.4 Å². The quantitative estimate of drug-likeness (QED) is 0.876.